The van der Waals surface area contributed by atoms with Crippen molar-refractivity contribution in [3.05, 3.63) is 158 Å². The molecule has 0 heterocycles. The molecular weight excluding hydrogens is 480 g/mol. The number of benzene rings is 8. The molecule has 0 amide bonds. The van der Waals surface area contributed by atoms with Gasteiger partial charge in [-0.15, -0.1) is 0 Å². The zero-order valence-corrected chi connectivity index (χ0v) is 21.9. The summed E-state index contributed by atoms with van der Waals surface area (Å²) in [5.74, 6) is 0. The standard InChI is InChI=1S/C40H25/c1-2-12-27(13-3-1)30-24-25-37-38(26-30)40(34-23-11-17-29-15-5-7-19-32(29)34)36-21-9-8-20-35(36)39(37)33-22-10-16-28-14-4-6-18-31(28)33/h1-2,4-26H. The van der Waals surface area contributed by atoms with Crippen molar-refractivity contribution < 1.29 is 0 Å². The van der Waals surface area contributed by atoms with Crippen molar-refractivity contribution in [1.82, 2.24) is 0 Å². The average molecular weight is 506 g/mol. The molecule has 0 aliphatic carbocycles. The molecule has 185 valence electrons. The number of fused-ring (bicyclic) bond motifs is 4. The summed E-state index contributed by atoms with van der Waals surface area (Å²) in [6.45, 7) is 0. The molecule has 0 saturated heterocycles. The summed E-state index contributed by atoms with van der Waals surface area (Å²) in [4.78, 5) is 0. The van der Waals surface area contributed by atoms with Gasteiger partial charge in [0.2, 0.25) is 0 Å². The monoisotopic (exact) mass is 505 g/mol. The van der Waals surface area contributed by atoms with E-state index in [9.17, 15) is 0 Å². The summed E-state index contributed by atoms with van der Waals surface area (Å²) in [7, 11) is 0. The minimum Gasteiger partial charge on any atom is -0.0616 e. The SMILES string of the molecule is [c]1cccc(-c2ccc3c(-c4cccc5ccccc45)c4ccccc4c(-c4cccc5ccccc45)c3c2)c1. The van der Waals surface area contributed by atoms with Crippen molar-refractivity contribution in [2.45, 2.75) is 0 Å². The first-order valence-corrected chi connectivity index (χ1v) is 13.8. The summed E-state index contributed by atoms with van der Waals surface area (Å²) in [6, 6.07) is 58.2. The lowest BCUT2D eigenvalue weighted by molar-refractivity contribution is 1.63. The third-order valence-corrected chi connectivity index (χ3v) is 8.18. The molecule has 8 rings (SSSR count). The van der Waals surface area contributed by atoms with Gasteiger partial charge in [0, 0.05) is 0 Å². The topological polar surface area (TPSA) is 0 Å². The van der Waals surface area contributed by atoms with E-state index in [0.717, 1.165) is 0 Å². The van der Waals surface area contributed by atoms with Gasteiger partial charge in [0.1, 0.15) is 0 Å². The molecule has 0 heteroatoms. The Kier molecular flexibility index (Phi) is 5.24. The second kappa shape index (κ2) is 9.22. The Morgan fingerprint density at radius 3 is 1.48 bits per heavy atom. The van der Waals surface area contributed by atoms with E-state index in [1.165, 1.54) is 76.5 Å². The van der Waals surface area contributed by atoms with Crippen LogP contribution in [0.25, 0.3) is 76.5 Å². The summed E-state index contributed by atoms with van der Waals surface area (Å²) in [5, 5.41) is 10.1. The Morgan fingerprint density at radius 2 is 0.875 bits per heavy atom. The van der Waals surface area contributed by atoms with E-state index < -0.39 is 0 Å². The molecule has 8 aromatic rings. The summed E-state index contributed by atoms with van der Waals surface area (Å²) < 4.78 is 0. The molecule has 0 aliphatic rings. The van der Waals surface area contributed by atoms with Crippen LogP contribution in [-0.2, 0) is 0 Å². The van der Waals surface area contributed by atoms with Crippen LogP contribution < -0.4 is 0 Å². The third kappa shape index (κ3) is 3.54. The highest BCUT2D eigenvalue weighted by atomic mass is 14.2. The minimum atomic E-state index is 1.17. The summed E-state index contributed by atoms with van der Waals surface area (Å²) in [6.07, 6.45) is 0. The van der Waals surface area contributed by atoms with Crippen molar-refractivity contribution >= 4 is 43.1 Å². The molecule has 0 nitrogen and oxygen atoms in total. The van der Waals surface area contributed by atoms with E-state index in [1.807, 2.05) is 6.07 Å². The van der Waals surface area contributed by atoms with Gasteiger partial charge in [-0.05, 0) is 94.7 Å². The van der Waals surface area contributed by atoms with Gasteiger partial charge in [0.25, 0.3) is 0 Å². The Labute approximate surface area is 233 Å². The van der Waals surface area contributed by atoms with E-state index in [2.05, 4.69) is 152 Å². The maximum Gasteiger partial charge on any atom is -0.00199 e. The third-order valence-electron chi connectivity index (χ3n) is 8.18. The molecule has 0 spiro atoms. The maximum atomic E-state index is 3.26. The van der Waals surface area contributed by atoms with E-state index in [4.69, 9.17) is 0 Å². The van der Waals surface area contributed by atoms with Gasteiger partial charge < -0.3 is 0 Å². The molecule has 0 fully saturated rings. The first-order chi connectivity index (χ1) is 19.9. The van der Waals surface area contributed by atoms with E-state index in [1.54, 1.807) is 0 Å². The molecule has 1 radical (unpaired) electrons. The average Bonchev–Trinajstić information content (AvgIpc) is 3.03. The van der Waals surface area contributed by atoms with Crippen molar-refractivity contribution in [2.75, 3.05) is 0 Å². The fourth-order valence-electron chi connectivity index (χ4n) is 6.40. The highest BCUT2D eigenvalue weighted by Gasteiger charge is 2.19. The van der Waals surface area contributed by atoms with Gasteiger partial charge in [-0.25, -0.2) is 0 Å². The lowest BCUT2D eigenvalue weighted by Gasteiger charge is -2.20. The predicted molar refractivity (Wildman–Crippen MR) is 172 cm³/mol. The van der Waals surface area contributed by atoms with Crippen LogP contribution in [0.3, 0.4) is 0 Å². The molecule has 40 heavy (non-hydrogen) atoms. The van der Waals surface area contributed by atoms with E-state index in [0.29, 0.717) is 0 Å². The van der Waals surface area contributed by atoms with Crippen LogP contribution in [-0.4, -0.2) is 0 Å². The van der Waals surface area contributed by atoms with Crippen LogP contribution in [0.4, 0.5) is 0 Å². The van der Waals surface area contributed by atoms with Crippen molar-refractivity contribution in [2.24, 2.45) is 0 Å². The number of rotatable bonds is 3. The van der Waals surface area contributed by atoms with Gasteiger partial charge >= 0.3 is 0 Å². The van der Waals surface area contributed by atoms with Gasteiger partial charge in [-0.1, -0.05) is 140 Å². The van der Waals surface area contributed by atoms with Crippen LogP contribution in [0.15, 0.2) is 152 Å². The first-order valence-electron chi connectivity index (χ1n) is 13.8. The van der Waals surface area contributed by atoms with Crippen LogP contribution >= 0.6 is 0 Å². The van der Waals surface area contributed by atoms with Crippen LogP contribution in [0.2, 0.25) is 0 Å². The zero-order chi connectivity index (χ0) is 26.5. The van der Waals surface area contributed by atoms with Crippen molar-refractivity contribution in [1.29, 1.82) is 0 Å². The van der Waals surface area contributed by atoms with Crippen LogP contribution in [0.5, 0.6) is 0 Å². The van der Waals surface area contributed by atoms with Crippen molar-refractivity contribution in [3.63, 3.8) is 0 Å². The molecule has 0 N–H and O–H groups in total. The minimum absolute atomic E-state index is 1.17. The second-order valence-corrected chi connectivity index (χ2v) is 10.4. The molecule has 0 unspecified atom stereocenters. The zero-order valence-electron chi connectivity index (χ0n) is 21.9. The fraction of sp³-hybridized carbons (Fsp3) is 0. The van der Waals surface area contributed by atoms with Crippen LogP contribution in [0.1, 0.15) is 0 Å². The van der Waals surface area contributed by atoms with Gasteiger partial charge in [0.15, 0.2) is 0 Å². The Morgan fingerprint density at radius 1 is 0.350 bits per heavy atom. The van der Waals surface area contributed by atoms with E-state index >= 15 is 0 Å². The Hall–Kier alpha value is -5.20. The number of hydrogen-bond acceptors (Lipinski definition) is 0. The molecule has 0 atom stereocenters. The summed E-state index contributed by atoms with van der Waals surface area (Å²) >= 11 is 0. The smallest absolute Gasteiger partial charge is 0.00199 e. The normalized spacial score (nSPS) is 11.5. The predicted octanol–water partition coefficient (Wildman–Crippen LogP) is 11.1. The molecule has 8 aromatic carbocycles. The first kappa shape index (κ1) is 22.8. The molecule has 0 aliphatic heterocycles. The lowest BCUT2D eigenvalue weighted by Crippen LogP contribution is -1.93. The van der Waals surface area contributed by atoms with Crippen LogP contribution in [0, 0.1) is 6.07 Å². The quantitative estimate of drug-likeness (QED) is 0.209. The van der Waals surface area contributed by atoms with Gasteiger partial charge in [-0.2, -0.15) is 0 Å². The Balaban J connectivity index is 1.59. The fourth-order valence-corrected chi connectivity index (χ4v) is 6.40. The summed E-state index contributed by atoms with van der Waals surface area (Å²) in [5.41, 5.74) is 7.48. The second-order valence-electron chi connectivity index (χ2n) is 10.4. The molecular formula is C40H25. The largest absolute Gasteiger partial charge is 0.0616 e. The maximum absolute atomic E-state index is 3.26. The van der Waals surface area contributed by atoms with E-state index in [-0.39, 0.29) is 0 Å². The number of hydrogen-bond donors (Lipinski definition) is 0. The van der Waals surface area contributed by atoms with Crippen molar-refractivity contribution in [3.8, 4) is 33.4 Å². The lowest BCUT2D eigenvalue weighted by atomic mass is 9.83. The van der Waals surface area contributed by atoms with Gasteiger partial charge in [0.05, 0.1) is 0 Å². The highest BCUT2D eigenvalue weighted by molar-refractivity contribution is 6.25. The Bertz CT molecular complexity index is 2190. The molecule has 0 aromatic heterocycles. The van der Waals surface area contributed by atoms with Gasteiger partial charge in [-0.3, -0.25) is 0 Å². The highest BCUT2D eigenvalue weighted by Crippen LogP contribution is 2.47. The molecule has 0 saturated carbocycles. The molecule has 0 bridgehead atoms.